The van der Waals surface area contributed by atoms with Gasteiger partial charge in [0.15, 0.2) is 17.5 Å². The van der Waals surface area contributed by atoms with Crippen molar-refractivity contribution in [2.75, 3.05) is 20.8 Å². The van der Waals surface area contributed by atoms with Gasteiger partial charge in [-0.2, -0.15) is 0 Å². The fraction of sp³-hybridized carbons (Fsp3) is 0.381. The SMILES string of the molecule is CCNC(=NCc1cc(C)c(O)c(C)c1)NCc1ccc(OC)c(OC)c1. The fourth-order valence-corrected chi connectivity index (χ4v) is 2.83. The molecule has 0 aliphatic rings. The fourth-order valence-electron chi connectivity index (χ4n) is 2.83. The Morgan fingerprint density at radius 1 is 0.963 bits per heavy atom. The summed E-state index contributed by atoms with van der Waals surface area (Å²) in [5.74, 6) is 2.49. The summed E-state index contributed by atoms with van der Waals surface area (Å²) in [7, 11) is 3.25. The van der Waals surface area contributed by atoms with Gasteiger partial charge in [0.25, 0.3) is 0 Å². The first-order valence-corrected chi connectivity index (χ1v) is 9.00. The zero-order chi connectivity index (χ0) is 19.8. The summed E-state index contributed by atoms with van der Waals surface area (Å²) in [5, 5.41) is 16.5. The minimum Gasteiger partial charge on any atom is -0.507 e. The van der Waals surface area contributed by atoms with E-state index in [1.165, 1.54) is 0 Å². The van der Waals surface area contributed by atoms with Crippen LogP contribution in [0, 0.1) is 13.8 Å². The summed E-state index contributed by atoms with van der Waals surface area (Å²) >= 11 is 0. The molecule has 0 aliphatic heterocycles. The van der Waals surface area contributed by atoms with Crippen LogP contribution in [0.3, 0.4) is 0 Å². The van der Waals surface area contributed by atoms with Crippen molar-refractivity contribution < 1.29 is 14.6 Å². The third-order valence-corrected chi connectivity index (χ3v) is 4.22. The zero-order valence-corrected chi connectivity index (χ0v) is 16.7. The average molecular weight is 371 g/mol. The van der Waals surface area contributed by atoms with Gasteiger partial charge in [-0.25, -0.2) is 4.99 Å². The van der Waals surface area contributed by atoms with Crippen LogP contribution in [-0.4, -0.2) is 31.8 Å². The van der Waals surface area contributed by atoms with Crippen LogP contribution < -0.4 is 20.1 Å². The molecule has 0 heterocycles. The van der Waals surface area contributed by atoms with E-state index in [0.29, 0.717) is 30.3 Å². The molecule has 0 fully saturated rings. The summed E-state index contributed by atoms with van der Waals surface area (Å²) in [4.78, 5) is 4.64. The smallest absolute Gasteiger partial charge is 0.191 e. The van der Waals surface area contributed by atoms with E-state index in [1.807, 2.05) is 51.1 Å². The summed E-state index contributed by atoms with van der Waals surface area (Å²) in [6, 6.07) is 9.75. The maximum Gasteiger partial charge on any atom is 0.191 e. The van der Waals surface area contributed by atoms with E-state index in [2.05, 4.69) is 15.6 Å². The van der Waals surface area contributed by atoms with Crippen LogP contribution in [0.1, 0.15) is 29.2 Å². The van der Waals surface area contributed by atoms with Gasteiger partial charge in [0.2, 0.25) is 0 Å². The van der Waals surface area contributed by atoms with Crippen LogP contribution in [0.2, 0.25) is 0 Å². The molecule has 146 valence electrons. The van der Waals surface area contributed by atoms with Gasteiger partial charge in [-0.15, -0.1) is 0 Å². The summed E-state index contributed by atoms with van der Waals surface area (Å²) in [5.41, 5.74) is 3.85. The molecule has 6 nitrogen and oxygen atoms in total. The number of nitrogens with zero attached hydrogens (tertiary/aromatic N) is 1. The topological polar surface area (TPSA) is 75.1 Å². The third-order valence-electron chi connectivity index (χ3n) is 4.22. The van der Waals surface area contributed by atoms with Crippen LogP contribution in [0.15, 0.2) is 35.3 Å². The minimum atomic E-state index is 0.348. The molecule has 0 amide bonds. The molecule has 0 unspecified atom stereocenters. The number of aromatic hydroxyl groups is 1. The standard InChI is InChI=1S/C21H29N3O3/c1-6-22-21(24-13-17-9-14(2)20(25)15(3)10-17)23-12-16-7-8-18(26-4)19(11-16)27-5/h7-11,25H,6,12-13H2,1-5H3,(H2,22,23,24). The van der Waals surface area contributed by atoms with Gasteiger partial charge in [-0.3, -0.25) is 0 Å². The van der Waals surface area contributed by atoms with Crippen LogP contribution in [0.4, 0.5) is 0 Å². The molecular weight excluding hydrogens is 342 g/mol. The van der Waals surface area contributed by atoms with Crippen molar-refractivity contribution in [1.82, 2.24) is 10.6 Å². The molecule has 0 spiro atoms. The van der Waals surface area contributed by atoms with Gasteiger partial charge >= 0.3 is 0 Å². The molecule has 0 saturated heterocycles. The number of phenolic OH excluding ortho intramolecular Hbond substituents is 1. The van der Waals surface area contributed by atoms with Crippen LogP contribution in [-0.2, 0) is 13.1 Å². The lowest BCUT2D eigenvalue weighted by atomic mass is 10.1. The summed E-state index contributed by atoms with van der Waals surface area (Å²) in [6.07, 6.45) is 0. The highest BCUT2D eigenvalue weighted by molar-refractivity contribution is 5.79. The van der Waals surface area contributed by atoms with Crippen molar-refractivity contribution in [3.05, 3.63) is 52.6 Å². The molecule has 2 rings (SSSR count). The van der Waals surface area contributed by atoms with Gasteiger partial charge < -0.3 is 25.2 Å². The predicted molar refractivity (Wildman–Crippen MR) is 109 cm³/mol. The number of phenols is 1. The van der Waals surface area contributed by atoms with Crippen molar-refractivity contribution >= 4 is 5.96 Å². The highest BCUT2D eigenvalue weighted by atomic mass is 16.5. The van der Waals surface area contributed by atoms with Gasteiger partial charge in [0.1, 0.15) is 5.75 Å². The molecule has 2 aromatic carbocycles. The largest absolute Gasteiger partial charge is 0.507 e. The Hall–Kier alpha value is -2.89. The Morgan fingerprint density at radius 2 is 1.63 bits per heavy atom. The first-order chi connectivity index (χ1) is 13.0. The lowest BCUT2D eigenvalue weighted by Crippen LogP contribution is -2.36. The second-order valence-corrected chi connectivity index (χ2v) is 6.32. The van der Waals surface area contributed by atoms with Gasteiger partial charge in [0.05, 0.1) is 20.8 Å². The van der Waals surface area contributed by atoms with Crippen LogP contribution >= 0.6 is 0 Å². The molecule has 27 heavy (non-hydrogen) atoms. The Balaban J connectivity index is 2.08. The number of methoxy groups -OCH3 is 2. The summed E-state index contributed by atoms with van der Waals surface area (Å²) < 4.78 is 10.6. The number of hydrogen-bond acceptors (Lipinski definition) is 4. The Labute approximate surface area is 161 Å². The molecule has 0 aliphatic carbocycles. The second kappa shape index (κ2) is 9.71. The lowest BCUT2D eigenvalue weighted by Gasteiger charge is -2.13. The number of ether oxygens (including phenoxy) is 2. The Bertz CT molecular complexity index is 780. The van der Waals surface area contributed by atoms with Gasteiger partial charge in [-0.05, 0) is 55.2 Å². The normalized spacial score (nSPS) is 11.2. The maximum atomic E-state index is 9.90. The number of hydrogen-bond donors (Lipinski definition) is 3. The van der Waals surface area contributed by atoms with Crippen molar-refractivity contribution in [3.8, 4) is 17.2 Å². The zero-order valence-electron chi connectivity index (χ0n) is 16.7. The number of guanidine groups is 1. The quantitative estimate of drug-likeness (QED) is 0.514. The maximum absolute atomic E-state index is 9.90. The van der Waals surface area contributed by atoms with Gasteiger partial charge in [0, 0.05) is 13.1 Å². The lowest BCUT2D eigenvalue weighted by molar-refractivity contribution is 0.354. The molecule has 0 saturated carbocycles. The Morgan fingerprint density at radius 3 is 2.22 bits per heavy atom. The first kappa shape index (κ1) is 20.4. The van der Waals surface area contributed by atoms with E-state index in [0.717, 1.165) is 34.8 Å². The minimum absolute atomic E-state index is 0.348. The van der Waals surface area contributed by atoms with Crippen molar-refractivity contribution in [2.24, 2.45) is 4.99 Å². The molecule has 0 atom stereocenters. The summed E-state index contributed by atoms with van der Waals surface area (Å²) in [6.45, 7) is 7.74. The van der Waals surface area contributed by atoms with E-state index in [-0.39, 0.29) is 0 Å². The van der Waals surface area contributed by atoms with E-state index in [1.54, 1.807) is 14.2 Å². The molecule has 0 aromatic heterocycles. The van der Waals surface area contributed by atoms with E-state index in [9.17, 15) is 5.11 Å². The molecule has 3 N–H and O–H groups in total. The van der Waals surface area contributed by atoms with Gasteiger partial charge in [-0.1, -0.05) is 18.2 Å². The van der Waals surface area contributed by atoms with Crippen molar-refractivity contribution in [2.45, 2.75) is 33.9 Å². The van der Waals surface area contributed by atoms with Crippen LogP contribution in [0.25, 0.3) is 0 Å². The van der Waals surface area contributed by atoms with Crippen molar-refractivity contribution in [3.63, 3.8) is 0 Å². The van der Waals surface area contributed by atoms with Crippen molar-refractivity contribution in [1.29, 1.82) is 0 Å². The highest BCUT2D eigenvalue weighted by Crippen LogP contribution is 2.27. The monoisotopic (exact) mass is 371 g/mol. The molecular formula is C21H29N3O3. The number of rotatable bonds is 7. The second-order valence-electron chi connectivity index (χ2n) is 6.32. The van der Waals surface area contributed by atoms with E-state index >= 15 is 0 Å². The number of nitrogens with one attached hydrogen (secondary N) is 2. The molecule has 0 radical (unpaired) electrons. The highest BCUT2D eigenvalue weighted by Gasteiger charge is 2.06. The van der Waals surface area contributed by atoms with E-state index in [4.69, 9.17) is 9.47 Å². The van der Waals surface area contributed by atoms with Crippen LogP contribution in [0.5, 0.6) is 17.2 Å². The molecule has 0 bridgehead atoms. The number of aliphatic imine (C=N–C) groups is 1. The number of benzene rings is 2. The first-order valence-electron chi connectivity index (χ1n) is 9.00. The van der Waals surface area contributed by atoms with E-state index < -0.39 is 0 Å². The Kier molecular flexibility index (Phi) is 7.34. The molecule has 6 heteroatoms. The predicted octanol–water partition coefficient (Wildman–Crippen LogP) is 3.28. The average Bonchev–Trinajstić information content (AvgIpc) is 2.67. The molecule has 2 aromatic rings. The third kappa shape index (κ3) is 5.54. The number of aryl methyl sites for hydroxylation is 2.